The largest absolute Gasteiger partial charge is 0.334 e. The van der Waals surface area contributed by atoms with E-state index < -0.39 is 0 Å². The van der Waals surface area contributed by atoms with Gasteiger partial charge in [-0.15, -0.1) is 11.3 Å². The fraction of sp³-hybridized carbons (Fsp3) is 0.533. The molecule has 8 heteroatoms. The molecule has 1 aliphatic rings. The number of nitrogens with zero attached hydrogens (tertiary/aromatic N) is 5. The third kappa shape index (κ3) is 4.60. The topological polar surface area (TPSA) is 66.3 Å². The minimum absolute atomic E-state index is 0.0161. The van der Waals surface area contributed by atoms with Crippen LogP contribution in [0.2, 0.25) is 0 Å². The minimum atomic E-state index is 0.0161. The van der Waals surface area contributed by atoms with Gasteiger partial charge < -0.3 is 9.88 Å². The van der Waals surface area contributed by atoms with Crippen molar-refractivity contribution >= 4 is 22.4 Å². The monoisotopic (exact) mass is 334 g/mol. The van der Waals surface area contributed by atoms with Crippen LogP contribution in [0.1, 0.15) is 5.82 Å². The van der Waals surface area contributed by atoms with E-state index in [-0.39, 0.29) is 5.91 Å². The van der Waals surface area contributed by atoms with Gasteiger partial charge in [-0.2, -0.15) is 0 Å². The van der Waals surface area contributed by atoms with Crippen molar-refractivity contribution in [3.63, 3.8) is 0 Å². The lowest BCUT2D eigenvalue weighted by Crippen LogP contribution is -2.49. The molecule has 23 heavy (non-hydrogen) atoms. The van der Waals surface area contributed by atoms with Gasteiger partial charge >= 0.3 is 0 Å². The van der Waals surface area contributed by atoms with E-state index in [0.717, 1.165) is 45.1 Å². The van der Waals surface area contributed by atoms with Crippen LogP contribution in [0.15, 0.2) is 24.0 Å². The predicted octanol–water partition coefficient (Wildman–Crippen LogP) is 0.904. The maximum Gasteiger partial charge on any atom is 0.240 e. The highest BCUT2D eigenvalue weighted by Gasteiger charge is 2.19. The Morgan fingerprint density at radius 1 is 1.17 bits per heavy atom. The Morgan fingerprint density at radius 3 is 2.61 bits per heavy atom. The van der Waals surface area contributed by atoms with Gasteiger partial charge in [-0.3, -0.25) is 14.6 Å². The zero-order valence-electron chi connectivity index (χ0n) is 13.3. The molecule has 3 heterocycles. The molecule has 0 radical (unpaired) electrons. The van der Waals surface area contributed by atoms with E-state index in [9.17, 15) is 4.79 Å². The van der Waals surface area contributed by atoms with E-state index in [1.54, 1.807) is 6.20 Å². The Morgan fingerprint density at radius 2 is 1.96 bits per heavy atom. The second-order valence-electron chi connectivity index (χ2n) is 5.67. The Kier molecular flexibility index (Phi) is 5.37. The summed E-state index contributed by atoms with van der Waals surface area (Å²) in [4.78, 5) is 24.9. The number of aryl methyl sites for hydroxylation is 1. The number of hydrogen-bond donors (Lipinski definition) is 1. The summed E-state index contributed by atoms with van der Waals surface area (Å²) in [5, 5.41) is 5.36. The van der Waals surface area contributed by atoms with Crippen molar-refractivity contribution < 1.29 is 4.79 Å². The first-order chi connectivity index (χ1) is 11.2. The molecule has 7 nitrogen and oxygen atoms in total. The average molecular weight is 334 g/mol. The number of imidazole rings is 1. The number of rotatable bonds is 6. The summed E-state index contributed by atoms with van der Waals surface area (Å²) >= 11 is 1.44. The van der Waals surface area contributed by atoms with E-state index in [0.29, 0.717) is 11.7 Å². The van der Waals surface area contributed by atoms with E-state index in [1.165, 1.54) is 11.3 Å². The zero-order chi connectivity index (χ0) is 16.1. The van der Waals surface area contributed by atoms with E-state index in [2.05, 4.69) is 29.7 Å². The first-order valence-electron chi connectivity index (χ1n) is 7.82. The molecule has 3 rings (SSSR count). The fourth-order valence-electron chi connectivity index (χ4n) is 2.71. The van der Waals surface area contributed by atoms with Gasteiger partial charge in [0.05, 0.1) is 6.54 Å². The van der Waals surface area contributed by atoms with Crippen LogP contribution in [0.5, 0.6) is 0 Å². The van der Waals surface area contributed by atoms with Gasteiger partial charge in [0.25, 0.3) is 0 Å². The summed E-state index contributed by atoms with van der Waals surface area (Å²) in [6.45, 7) is 8.30. The molecule has 0 unspecified atom stereocenters. The Balaban J connectivity index is 1.36. The molecule has 0 aliphatic carbocycles. The first kappa shape index (κ1) is 16.1. The second kappa shape index (κ2) is 7.67. The first-order valence-corrected chi connectivity index (χ1v) is 8.70. The predicted molar refractivity (Wildman–Crippen MR) is 90.6 cm³/mol. The third-order valence-corrected chi connectivity index (χ3v) is 4.78. The van der Waals surface area contributed by atoms with E-state index in [4.69, 9.17) is 0 Å². The molecule has 2 aromatic rings. The normalized spacial score (nSPS) is 16.6. The number of aromatic nitrogens is 3. The van der Waals surface area contributed by atoms with Crippen LogP contribution in [-0.4, -0.2) is 69.5 Å². The Hall–Kier alpha value is -1.77. The number of thiazole rings is 1. The molecule has 0 aromatic carbocycles. The molecule has 1 saturated heterocycles. The van der Waals surface area contributed by atoms with Gasteiger partial charge in [0, 0.05) is 63.2 Å². The van der Waals surface area contributed by atoms with E-state index >= 15 is 0 Å². The highest BCUT2D eigenvalue weighted by Crippen LogP contribution is 2.10. The Bertz CT molecular complexity index is 618. The lowest BCUT2D eigenvalue weighted by Gasteiger charge is -2.34. The summed E-state index contributed by atoms with van der Waals surface area (Å²) in [7, 11) is 0. The van der Waals surface area contributed by atoms with Crippen LogP contribution in [0.3, 0.4) is 0 Å². The van der Waals surface area contributed by atoms with E-state index in [1.807, 2.05) is 24.7 Å². The van der Waals surface area contributed by atoms with Gasteiger partial charge in [-0.1, -0.05) is 0 Å². The number of amides is 1. The molecular weight excluding hydrogens is 312 g/mol. The average Bonchev–Trinajstić information content (AvgIpc) is 3.18. The van der Waals surface area contributed by atoms with Crippen molar-refractivity contribution in [1.29, 1.82) is 0 Å². The number of anilines is 1. The standard InChI is InChI=1S/C15H22N6OS/c1-13-16-2-4-21(13)10-9-19-5-7-20(8-6-19)12-14(22)18-15-17-3-11-23-15/h2-4,11H,5-10,12H2,1H3,(H,17,18,22). The molecule has 1 aliphatic heterocycles. The number of nitrogens with one attached hydrogen (secondary N) is 1. The minimum Gasteiger partial charge on any atom is -0.334 e. The molecule has 0 saturated carbocycles. The molecule has 124 valence electrons. The van der Waals surface area contributed by atoms with Crippen LogP contribution in [-0.2, 0) is 11.3 Å². The molecule has 1 N–H and O–H groups in total. The summed E-state index contributed by atoms with van der Waals surface area (Å²) < 4.78 is 2.17. The Labute approximate surface area is 139 Å². The van der Waals surface area contributed by atoms with Crippen molar-refractivity contribution in [1.82, 2.24) is 24.3 Å². The van der Waals surface area contributed by atoms with Crippen LogP contribution in [0.25, 0.3) is 0 Å². The third-order valence-electron chi connectivity index (χ3n) is 4.09. The van der Waals surface area contributed by atoms with Gasteiger partial charge in [0.1, 0.15) is 5.82 Å². The summed E-state index contributed by atoms with van der Waals surface area (Å²) in [6, 6.07) is 0. The van der Waals surface area contributed by atoms with Crippen LogP contribution in [0.4, 0.5) is 5.13 Å². The SMILES string of the molecule is Cc1nccn1CCN1CCN(CC(=O)Nc2nccs2)CC1. The van der Waals surface area contributed by atoms with Gasteiger partial charge in [0.15, 0.2) is 5.13 Å². The quantitative estimate of drug-likeness (QED) is 0.850. The zero-order valence-corrected chi connectivity index (χ0v) is 14.1. The second-order valence-corrected chi connectivity index (χ2v) is 6.57. The van der Waals surface area contributed by atoms with Crippen molar-refractivity contribution in [3.05, 3.63) is 29.8 Å². The van der Waals surface area contributed by atoms with Crippen LogP contribution in [0, 0.1) is 6.92 Å². The summed E-state index contributed by atoms with van der Waals surface area (Å²) in [6.07, 6.45) is 5.56. The van der Waals surface area contributed by atoms with Crippen LogP contribution < -0.4 is 5.32 Å². The molecule has 1 fully saturated rings. The fourth-order valence-corrected chi connectivity index (χ4v) is 3.25. The molecule has 0 atom stereocenters. The molecule has 0 spiro atoms. The number of carbonyl (C=O) groups excluding carboxylic acids is 1. The summed E-state index contributed by atoms with van der Waals surface area (Å²) in [5.74, 6) is 1.07. The highest BCUT2D eigenvalue weighted by molar-refractivity contribution is 7.13. The molecule has 2 aromatic heterocycles. The maximum absolute atomic E-state index is 12.0. The van der Waals surface area contributed by atoms with Crippen molar-refractivity contribution in [2.75, 3.05) is 44.6 Å². The molecule has 0 bridgehead atoms. The van der Waals surface area contributed by atoms with Gasteiger partial charge in [-0.05, 0) is 6.92 Å². The lowest BCUT2D eigenvalue weighted by molar-refractivity contribution is -0.117. The summed E-state index contributed by atoms with van der Waals surface area (Å²) in [5.41, 5.74) is 0. The maximum atomic E-state index is 12.0. The van der Waals surface area contributed by atoms with Crippen LogP contribution >= 0.6 is 11.3 Å². The number of piperazine rings is 1. The van der Waals surface area contributed by atoms with Gasteiger partial charge in [-0.25, -0.2) is 9.97 Å². The van der Waals surface area contributed by atoms with Crippen molar-refractivity contribution in [2.24, 2.45) is 0 Å². The van der Waals surface area contributed by atoms with Gasteiger partial charge in [0.2, 0.25) is 5.91 Å². The lowest BCUT2D eigenvalue weighted by atomic mass is 10.3. The number of hydrogen-bond acceptors (Lipinski definition) is 6. The number of carbonyl (C=O) groups is 1. The molecular formula is C15H22N6OS. The van der Waals surface area contributed by atoms with Crippen molar-refractivity contribution in [2.45, 2.75) is 13.5 Å². The highest BCUT2D eigenvalue weighted by atomic mass is 32.1. The molecule has 1 amide bonds. The smallest absolute Gasteiger partial charge is 0.240 e. The van der Waals surface area contributed by atoms with Crippen molar-refractivity contribution in [3.8, 4) is 0 Å².